The first kappa shape index (κ1) is 62.5. The van der Waals surface area contributed by atoms with Crippen LogP contribution in [-0.4, -0.2) is 30.2 Å². The van der Waals surface area contributed by atoms with E-state index in [0.29, 0.717) is 88.8 Å². The van der Waals surface area contributed by atoms with Crippen LogP contribution in [0.5, 0.6) is 0 Å². The smallest absolute Gasteiger partial charge is 0.358 e. The van der Waals surface area contributed by atoms with Crippen LogP contribution in [0.15, 0.2) is 173 Å². The van der Waals surface area contributed by atoms with E-state index >= 15 is 0 Å². The van der Waals surface area contributed by atoms with Crippen molar-refractivity contribution in [3.05, 3.63) is 241 Å². The molecule has 2 aromatic heterocycles. The number of nitriles is 4. The zero-order valence-electron chi connectivity index (χ0n) is 51.2. The summed E-state index contributed by atoms with van der Waals surface area (Å²) in [6, 6.07) is 50.1. The van der Waals surface area contributed by atoms with Crippen LogP contribution in [0.25, 0.3) is 32.2 Å². The average molecular weight is 1230 g/mol. The Bertz CT molecular complexity index is 4150. The van der Waals surface area contributed by atoms with Crippen LogP contribution in [0.2, 0.25) is 10.0 Å². The number of hydrogen-bond acceptors (Lipinski definition) is 13. The van der Waals surface area contributed by atoms with Crippen molar-refractivity contribution in [3.8, 4) is 36.6 Å². The molecule has 15 nitrogen and oxygen atoms in total. The number of hydrogen-bond donors (Lipinski definition) is 2. The SMILES string of the molecule is CC(C)(C)C(=O)OCN=[N+]=[N-].[2H][C@@](Cc1cc(Cl)c2ncc(C#N)c(N[C@H](CC)c3ccccc3)c2c1)(C1=CCN=N1)c1cccc(C#N)c1.[2H][C@](C#C)(Cc1cc(Cl)c2ncc(C#N)c(N[C@H](CC)c3ccccc3)c2c1)c1cccc(C#N)c1.[3H][Cu+].[CH3-]. The van der Waals surface area contributed by atoms with Gasteiger partial charge in [-0.05, 0) is 140 Å². The predicted octanol–water partition coefficient (Wildman–Crippen LogP) is 17.0. The number of esters is 1. The van der Waals surface area contributed by atoms with Gasteiger partial charge in [-0.25, -0.2) is 0 Å². The quantitative estimate of drug-likeness (QED) is 0.0166. The number of rotatable bonds is 17. The number of azo groups is 1. The van der Waals surface area contributed by atoms with Crippen molar-refractivity contribution in [1.29, 1.82) is 22.0 Å². The number of fused-ring (bicyclic) bond motifs is 2. The largest absolute Gasteiger partial charge is 0.358 e. The van der Waals surface area contributed by atoms with Crippen molar-refractivity contribution in [3.63, 3.8) is 0 Å². The van der Waals surface area contributed by atoms with Gasteiger partial charge >= 0.3 is 23.9 Å². The number of benzene rings is 6. The van der Waals surface area contributed by atoms with E-state index in [4.69, 9.17) is 37.5 Å². The van der Waals surface area contributed by atoms with Crippen LogP contribution in [0.3, 0.4) is 0 Å². The van der Waals surface area contributed by atoms with E-state index in [2.05, 4.69) is 119 Å². The zero-order valence-corrected chi connectivity index (χ0v) is 50.7. The van der Waals surface area contributed by atoms with E-state index < -0.39 is 17.2 Å². The van der Waals surface area contributed by atoms with Gasteiger partial charge < -0.3 is 22.8 Å². The van der Waals surface area contributed by atoms with E-state index in [1.165, 1.54) is 6.20 Å². The Morgan fingerprint density at radius 1 is 0.744 bits per heavy atom. The van der Waals surface area contributed by atoms with E-state index in [9.17, 15) is 27.2 Å². The van der Waals surface area contributed by atoms with Crippen molar-refractivity contribution in [2.45, 2.75) is 84.2 Å². The molecule has 8 aromatic rings. The number of carbonyl (C=O) groups excluding carboxylic acids is 1. The number of nitrogens with one attached hydrogen (secondary N) is 2. The van der Waals surface area contributed by atoms with Crippen molar-refractivity contribution < 1.29 is 29.2 Å². The summed E-state index contributed by atoms with van der Waals surface area (Å²) in [4.78, 5) is 22.3. The molecule has 0 radical (unpaired) electrons. The van der Waals surface area contributed by atoms with Gasteiger partial charge in [0.2, 0.25) is 0 Å². The van der Waals surface area contributed by atoms with E-state index in [-0.39, 0.29) is 45.1 Å². The third-order valence-electron chi connectivity index (χ3n) is 13.5. The molecule has 437 valence electrons. The minimum absolute atomic E-state index is 0. The van der Waals surface area contributed by atoms with Crippen LogP contribution in [-0.2, 0) is 39.3 Å². The van der Waals surface area contributed by atoms with E-state index in [0.717, 1.165) is 35.1 Å². The standard InChI is InChI=1S/C31H25ClN6.C30H23ClN4.C6H11N3O2.CH3.Cu.H/c1-2-28(22-8-4-3-5-9-22)37-30-24(18-34)19-35-31-26(30)15-21(16-27(31)32)14-25(29-11-12-36-38-29)23-10-6-7-20(13-23)17-33;1-3-22(24-12-8-9-20(13-24)17-32)14-21-15-26-29(25(18-33)19-34-30(26)27(31)16-21)35-28(4-2)23-10-6-5-7-11-23;1-6(2,3)5(10)11-4-8-9-7;;;/h3-11,13,15-16,19,25,28H,2,12,14H2,1H3,(H,35,37);1,5-13,15-16,19,22,28H,4,14H2,2H3,(H,34,35);4H2,1-3H3;1H3;;/q;;;-1;+1;/t25-,28+;22-,28+;;;;/m00..../s1/i25D;22D;;;;1+2. The fourth-order valence-electron chi connectivity index (χ4n) is 9.21. The average Bonchev–Trinajstić information content (AvgIpc) is 2.39. The first-order valence-electron chi connectivity index (χ1n) is 28.1. The molecule has 0 fully saturated rings. The van der Waals surface area contributed by atoms with Crippen molar-refractivity contribution >= 4 is 62.4 Å². The molecule has 18 heteroatoms. The summed E-state index contributed by atoms with van der Waals surface area (Å²) in [6.45, 7) is 9.53. The molecule has 0 unspecified atom stereocenters. The number of nitrogens with zero attached hydrogens (tertiary/aromatic N) is 11. The number of carbonyl (C=O) groups is 1. The molecule has 1 aliphatic heterocycles. The molecule has 86 heavy (non-hydrogen) atoms. The number of terminal acetylenes is 1. The minimum Gasteiger partial charge on any atom is -0.358 e. The Morgan fingerprint density at radius 2 is 1.22 bits per heavy atom. The first-order valence-corrected chi connectivity index (χ1v) is 27.5. The van der Waals surface area contributed by atoms with Crippen LogP contribution in [0, 0.1) is 70.5 Å². The van der Waals surface area contributed by atoms with Crippen LogP contribution in [0.4, 0.5) is 11.4 Å². The topological polar surface area (TPSA) is 245 Å². The molecule has 3 heterocycles. The molecule has 1 aliphatic rings. The van der Waals surface area contributed by atoms with Gasteiger partial charge in [0.1, 0.15) is 12.1 Å². The van der Waals surface area contributed by atoms with Gasteiger partial charge in [-0.1, -0.05) is 133 Å². The van der Waals surface area contributed by atoms with Gasteiger partial charge in [0.15, 0.2) is 6.73 Å². The molecule has 6 aromatic carbocycles. The normalized spacial score (nSPS) is 13.6. The summed E-state index contributed by atoms with van der Waals surface area (Å²) in [5.74, 6) is -0.485. The Kier molecular flexibility index (Phi) is 23.6. The Hall–Kier alpha value is -9.52. The number of anilines is 2. The van der Waals surface area contributed by atoms with Crippen LogP contribution in [0.1, 0.15) is 130 Å². The number of halogens is 2. The maximum Gasteiger partial charge on any atom is -0.358 e. The van der Waals surface area contributed by atoms with Gasteiger partial charge in [-0.15, -0.1) is 6.42 Å². The Morgan fingerprint density at radius 3 is 1.65 bits per heavy atom. The van der Waals surface area contributed by atoms with Crippen molar-refractivity contribution in [2.24, 2.45) is 20.8 Å². The van der Waals surface area contributed by atoms with Gasteiger partial charge in [-0.3, -0.25) is 14.8 Å². The fraction of sp³-hybridized carbons (Fsp3) is 0.235. The number of aromatic nitrogens is 2. The molecule has 0 amide bonds. The second-order valence-corrected chi connectivity index (χ2v) is 21.0. The molecule has 9 rings (SSSR count). The van der Waals surface area contributed by atoms with Crippen LogP contribution >= 0.6 is 23.2 Å². The van der Waals surface area contributed by atoms with Gasteiger partial charge in [-0.2, -0.15) is 31.3 Å². The third kappa shape index (κ3) is 17.3. The maximum absolute atomic E-state index is 10.9. The third-order valence-corrected chi connectivity index (χ3v) is 14.0. The molecule has 0 aliphatic carbocycles. The molecule has 0 saturated heterocycles. The molecule has 2 N–H and O–H groups in total. The van der Waals surface area contributed by atoms with Gasteiger partial charge in [0, 0.05) is 42.6 Å². The first-order chi connectivity index (χ1) is 42.4. The molecule has 0 saturated carbocycles. The monoisotopic (exact) mass is 1230 g/mol. The summed E-state index contributed by atoms with van der Waals surface area (Å²) in [6.07, 6.45) is 12.7. The Labute approximate surface area is 527 Å². The predicted molar refractivity (Wildman–Crippen MR) is 338 cm³/mol. The van der Waals surface area contributed by atoms with Crippen molar-refractivity contribution in [2.75, 3.05) is 23.9 Å². The minimum atomic E-state index is -1.41. The van der Waals surface area contributed by atoms with Gasteiger partial charge in [0.25, 0.3) is 0 Å². The second-order valence-electron chi connectivity index (χ2n) is 20.2. The number of pyridine rings is 2. The number of allylic oxidation sites excluding steroid dienone is 1. The van der Waals surface area contributed by atoms with Crippen molar-refractivity contribution in [1.82, 2.24) is 9.97 Å². The van der Waals surface area contributed by atoms with Gasteiger partial charge in [0.05, 0.1) is 96.6 Å². The van der Waals surface area contributed by atoms with E-state index in [1.807, 2.05) is 78.9 Å². The summed E-state index contributed by atoms with van der Waals surface area (Å²) < 4.78 is 28.5. The second kappa shape index (κ2) is 32.5. The number of ether oxygens (including phenoxy) is 1. The fourth-order valence-corrected chi connectivity index (χ4v) is 9.80. The summed E-state index contributed by atoms with van der Waals surface area (Å²) in [5, 5.41) is 59.3. The summed E-state index contributed by atoms with van der Waals surface area (Å²) >= 11 is 16.9. The van der Waals surface area contributed by atoms with E-state index in [1.54, 1.807) is 75.5 Å². The molecule has 0 bridgehead atoms. The molecule has 4 atom stereocenters. The molecule has 0 spiro atoms. The maximum atomic E-state index is 10.9. The Balaban J connectivity index is 0.000000269. The summed E-state index contributed by atoms with van der Waals surface area (Å²) in [5.41, 5.74) is 16.9. The molecular formula is C68H63Cl2CuN13O2. The van der Waals surface area contributed by atoms with Crippen LogP contribution < -0.4 is 10.6 Å². The summed E-state index contributed by atoms with van der Waals surface area (Å²) in [7, 11) is 0. The number of azide groups is 1. The molecular weight excluding hydrogens is 1170 g/mol. The zero-order chi connectivity index (χ0) is 64.0.